The molecule has 1 aliphatic rings. The molecule has 9 nitrogen and oxygen atoms in total. The summed E-state index contributed by atoms with van der Waals surface area (Å²) in [6.45, 7) is 6.53. The summed E-state index contributed by atoms with van der Waals surface area (Å²) < 4.78 is 10.4. The van der Waals surface area contributed by atoms with Crippen LogP contribution in [0, 0.1) is 17.2 Å². The van der Waals surface area contributed by atoms with Crippen LogP contribution in [0.1, 0.15) is 64.5 Å². The van der Waals surface area contributed by atoms with E-state index in [1.807, 2.05) is 0 Å². The molecular formula is C23H23N3O6. The lowest BCUT2D eigenvalue weighted by molar-refractivity contribution is -0.130. The number of nitrogens with zero attached hydrogens (tertiary/aromatic N) is 2. The van der Waals surface area contributed by atoms with Crippen LogP contribution >= 0.6 is 0 Å². The molecule has 0 bridgehead atoms. The third-order valence-electron chi connectivity index (χ3n) is 5.52. The zero-order valence-electron chi connectivity index (χ0n) is 18.2. The Morgan fingerprint density at radius 3 is 2.47 bits per heavy atom. The second-order valence-electron chi connectivity index (χ2n) is 8.04. The summed E-state index contributed by atoms with van der Waals surface area (Å²) in [6, 6.07) is 9.37. The van der Waals surface area contributed by atoms with E-state index < -0.39 is 35.3 Å². The Kier molecular flexibility index (Phi) is 6.16. The van der Waals surface area contributed by atoms with Crippen LogP contribution in [0.25, 0.3) is 0 Å². The smallest absolute Gasteiger partial charge is 0.338 e. The van der Waals surface area contributed by atoms with Gasteiger partial charge in [-0.15, -0.1) is 0 Å². The van der Waals surface area contributed by atoms with Crippen molar-refractivity contribution in [1.29, 1.82) is 5.26 Å². The number of carbonyl (C=O) groups excluding carboxylic acids is 4. The maximum Gasteiger partial charge on any atom is 0.338 e. The van der Waals surface area contributed by atoms with Gasteiger partial charge >= 0.3 is 5.97 Å². The number of benzene rings is 1. The summed E-state index contributed by atoms with van der Waals surface area (Å²) >= 11 is 0. The van der Waals surface area contributed by atoms with Crippen molar-refractivity contribution in [3.05, 3.63) is 59.0 Å². The molecule has 1 aromatic carbocycles. The molecule has 2 unspecified atom stereocenters. The van der Waals surface area contributed by atoms with Gasteiger partial charge in [0.05, 0.1) is 35.6 Å². The number of ether oxygens (including phenoxy) is 1. The van der Waals surface area contributed by atoms with Crippen LogP contribution in [0.4, 0.5) is 0 Å². The van der Waals surface area contributed by atoms with Crippen molar-refractivity contribution in [1.82, 2.24) is 10.2 Å². The van der Waals surface area contributed by atoms with Crippen LogP contribution in [0.5, 0.6) is 0 Å². The number of furan rings is 1. The van der Waals surface area contributed by atoms with Gasteiger partial charge in [0.15, 0.2) is 6.10 Å². The van der Waals surface area contributed by atoms with E-state index in [0.717, 1.165) is 4.90 Å². The number of nitriles is 1. The minimum atomic E-state index is -1.17. The van der Waals surface area contributed by atoms with E-state index in [1.54, 1.807) is 32.9 Å². The molecule has 2 atom stereocenters. The van der Waals surface area contributed by atoms with E-state index in [4.69, 9.17) is 9.15 Å². The molecule has 0 spiro atoms. The molecular weight excluding hydrogens is 414 g/mol. The summed E-state index contributed by atoms with van der Waals surface area (Å²) in [6.07, 6.45) is 0.272. The minimum Gasteiger partial charge on any atom is -0.467 e. The van der Waals surface area contributed by atoms with Crippen LogP contribution in [0.2, 0.25) is 0 Å². The van der Waals surface area contributed by atoms with Gasteiger partial charge in [0.2, 0.25) is 0 Å². The first-order chi connectivity index (χ1) is 15.1. The van der Waals surface area contributed by atoms with Gasteiger partial charge in [0, 0.05) is 0 Å². The highest BCUT2D eigenvalue weighted by molar-refractivity contribution is 6.21. The SMILES string of the molecule is CC(OC(=O)c1ccc2c(c1)C(=O)N(Cc1ccco1)C2=O)C(=O)NC(C)(C#N)C(C)C. The Balaban J connectivity index is 1.71. The molecule has 1 aromatic heterocycles. The Labute approximate surface area is 184 Å². The molecule has 3 rings (SSSR count). The predicted molar refractivity (Wildman–Crippen MR) is 111 cm³/mol. The number of rotatable bonds is 7. The third kappa shape index (κ3) is 4.25. The van der Waals surface area contributed by atoms with Gasteiger partial charge in [0.25, 0.3) is 17.7 Å². The number of nitrogens with one attached hydrogen (secondary N) is 1. The Morgan fingerprint density at radius 1 is 1.19 bits per heavy atom. The number of hydrogen-bond acceptors (Lipinski definition) is 7. The summed E-state index contributed by atoms with van der Waals surface area (Å²) in [5, 5.41) is 11.9. The monoisotopic (exact) mass is 437 g/mol. The van der Waals surface area contributed by atoms with Crippen molar-refractivity contribution in [2.45, 2.75) is 45.9 Å². The molecule has 0 aliphatic carbocycles. The fraction of sp³-hybridized carbons (Fsp3) is 0.348. The Hall–Kier alpha value is -3.93. The van der Waals surface area contributed by atoms with E-state index in [0.29, 0.717) is 5.76 Å². The average Bonchev–Trinajstić information content (AvgIpc) is 3.36. The average molecular weight is 437 g/mol. The normalized spacial score (nSPS) is 15.7. The van der Waals surface area contributed by atoms with Crippen LogP contribution < -0.4 is 5.32 Å². The van der Waals surface area contributed by atoms with Gasteiger partial charge in [0.1, 0.15) is 11.3 Å². The number of fused-ring (bicyclic) bond motifs is 1. The topological polar surface area (TPSA) is 130 Å². The van der Waals surface area contributed by atoms with Crippen LogP contribution in [-0.4, -0.2) is 40.2 Å². The second kappa shape index (κ2) is 8.67. The first kappa shape index (κ1) is 22.7. The van der Waals surface area contributed by atoms with Crippen LogP contribution in [-0.2, 0) is 16.1 Å². The lowest BCUT2D eigenvalue weighted by Crippen LogP contribution is -2.52. The fourth-order valence-corrected chi connectivity index (χ4v) is 3.06. The van der Waals surface area contributed by atoms with E-state index in [9.17, 15) is 24.4 Å². The molecule has 166 valence electrons. The van der Waals surface area contributed by atoms with Crippen molar-refractivity contribution in [2.24, 2.45) is 5.92 Å². The zero-order chi connectivity index (χ0) is 23.6. The number of carbonyl (C=O) groups is 4. The maximum atomic E-state index is 12.7. The summed E-state index contributed by atoms with van der Waals surface area (Å²) in [5.74, 6) is -2.20. The molecule has 2 aromatic rings. The lowest BCUT2D eigenvalue weighted by atomic mass is 9.90. The van der Waals surface area contributed by atoms with Gasteiger partial charge in [-0.1, -0.05) is 13.8 Å². The number of amides is 3. The summed E-state index contributed by atoms with van der Waals surface area (Å²) in [4.78, 5) is 51.3. The molecule has 1 N–H and O–H groups in total. The lowest BCUT2D eigenvalue weighted by Gasteiger charge is -2.28. The summed E-state index contributed by atoms with van der Waals surface area (Å²) in [5.41, 5.74) is -0.845. The summed E-state index contributed by atoms with van der Waals surface area (Å²) in [7, 11) is 0. The molecule has 3 amide bonds. The Bertz CT molecular complexity index is 1120. The zero-order valence-corrected chi connectivity index (χ0v) is 18.2. The number of hydrogen-bond donors (Lipinski definition) is 1. The molecule has 32 heavy (non-hydrogen) atoms. The van der Waals surface area contributed by atoms with Gasteiger partial charge in [-0.25, -0.2) is 4.79 Å². The maximum absolute atomic E-state index is 12.7. The second-order valence-corrected chi connectivity index (χ2v) is 8.04. The van der Waals surface area contributed by atoms with E-state index in [-0.39, 0.29) is 29.2 Å². The van der Waals surface area contributed by atoms with Gasteiger partial charge in [-0.3, -0.25) is 19.3 Å². The number of esters is 1. The van der Waals surface area contributed by atoms with E-state index in [2.05, 4.69) is 11.4 Å². The standard InChI is InChI=1S/C23H23N3O6/c1-13(2)23(4,12-24)25-19(27)14(3)32-22(30)15-7-8-17-18(10-15)21(29)26(20(17)28)11-16-6-5-9-31-16/h5-10,13-14H,11H2,1-4H3,(H,25,27). The van der Waals surface area contributed by atoms with Crippen molar-refractivity contribution in [3.8, 4) is 6.07 Å². The van der Waals surface area contributed by atoms with E-state index >= 15 is 0 Å². The molecule has 0 fully saturated rings. The van der Waals surface area contributed by atoms with Gasteiger partial charge in [-0.2, -0.15) is 5.26 Å². The Morgan fingerprint density at radius 2 is 1.88 bits per heavy atom. The molecule has 0 radical (unpaired) electrons. The van der Waals surface area contributed by atoms with E-state index in [1.165, 1.54) is 31.4 Å². The van der Waals surface area contributed by atoms with Crippen molar-refractivity contribution in [2.75, 3.05) is 0 Å². The highest BCUT2D eigenvalue weighted by atomic mass is 16.5. The van der Waals surface area contributed by atoms with Crippen molar-refractivity contribution < 1.29 is 28.3 Å². The van der Waals surface area contributed by atoms with Gasteiger partial charge < -0.3 is 14.5 Å². The fourth-order valence-electron chi connectivity index (χ4n) is 3.06. The third-order valence-corrected chi connectivity index (χ3v) is 5.52. The van der Waals surface area contributed by atoms with Gasteiger partial charge in [-0.05, 0) is 50.1 Å². The quantitative estimate of drug-likeness (QED) is 0.521. The number of imide groups is 1. The largest absolute Gasteiger partial charge is 0.467 e. The molecule has 0 saturated heterocycles. The molecule has 0 saturated carbocycles. The highest BCUT2D eigenvalue weighted by Gasteiger charge is 2.37. The first-order valence-electron chi connectivity index (χ1n) is 10.0. The highest BCUT2D eigenvalue weighted by Crippen LogP contribution is 2.26. The molecule has 2 heterocycles. The minimum absolute atomic E-state index is 0.0240. The first-order valence-corrected chi connectivity index (χ1v) is 10.0. The van der Waals surface area contributed by atoms with Crippen LogP contribution in [0.15, 0.2) is 41.0 Å². The predicted octanol–water partition coefficient (Wildman–Crippen LogP) is 2.68. The molecule has 9 heteroatoms. The van der Waals surface area contributed by atoms with Crippen molar-refractivity contribution in [3.63, 3.8) is 0 Å². The molecule has 1 aliphatic heterocycles. The van der Waals surface area contributed by atoms with Crippen molar-refractivity contribution >= 4 is 23.7 Å². The van der Waals surface area contributed by atoms with Crippen LogP contribution in [0.3, 0.4) is 0 Å².